The lowest BCUT2D eigenvalue weighted by Gasteiger charge is -2.34. The largest absolute Gasteiger partial charge is 0.478 e. The van der Waals surface area contributed by atoms with Crippen molar-refractivity contribution >= 4 is 31.7 Å². The van der Waals surface area contributed by atoms with E-state index in [1.165, 1.54) is 4.90 Å². The number of hydrazone groups is 1. The van der Waals surface area contributed by atoms with Crippen LogP contribution in [0.2, 0.25) is 18.1 Å². The van der Waals surface area contributed by atoms with E-state index >= 15 is 0 Å². The number of rotatable bonds is 11. The summed E-state index contributed by atoms with van der Waals surface area (Å²) in [4.78, 5) is 38.1. The van der Waals surface area contributed by atoms with Crippen molar-refractivity contribution in [3.05, 3.63) is 54.1 Å². The van der Waals surface area contributed by atoms with Crippen molar-refractivity contribution in [2.75, 3.05) is 13.6 Å². The van der Waals surface area contributed by atoms with Crippen LogP contribution >= 0.6 is 0 Å². The number of hydrogen-bond donors (Lipinski definition) is 2. The summed E-state index contributed by atoms with van der Waals surface area (Å²) in [6.45, 7) is 10.7. The van der Waals surface area contributed by atoms with Gasteiger partial charge in [0.05, 0.1) is 5.71 Å². The summed E-state index contributed by atoms with van der Waals surface area (Å²) in [6, 6.07) is 8.28. The number of para-hydroxylation sites is 1. The Hall–Kier alpha value is -3.24. The van der Waals surface area contributed by atoms with E-state index in [-0.39, 0.29) is 29.7 Å². The van der Waals surface area contributed by atoms with Crippen LogP contribution in [0.15, 0.2) is 59.2 Å². The van der Waals surface area contributed by atoms with Crippen molar-refractivity contribution in [1.29, 1.82) is 0 Å². The van der Waals surface area contributed by atoms with Crippen LogP contribution in [-0.4, -0.2) is 61.4 Å². The number of Topliss-reactive ketones (excluding diaryl/α,β-unsaturated/α-hetero) is 1. The maximum Gasteiger partial charge on any atom is 0.352 e. The number of carbonyl (C=O) groups is 3. The minimum atomic E-state index is -1.98. The lowest BCUT2D eigenvalue weighted by atomic mass is 10.0. The van der Waals surface area contributed by atoms with Gasteiger partial charge in [0.25, 0.3) is 12.0 Å². The average Bonchev–Trinajstić information content (AvgIpc) is 2.80. The number of carboxylic acid groups (broad SMARTS) is 1. The van der Waals surface area contributed by atoms with Crippen LogP contribution in [0.25, 0.3) is 0 Å². The van der Waals surface area contributed by atoms with Crippen LogP contribution in [-0.2, 0) is 18.9 Å². The zero-order valence-electron chi connectivity index (χ0n) is 21.2. The Morgan fingerprint density at radius 1 is 1.17 bits per heavy atom. The monoisotopic (exact) mass is 501 g/mol. The van der Waals surface area contributed by atoms with Crippen molar-refractivity contribution in [3.8, 4) is 5.75 Å². The van der Waals surface area contributed by atoms with E-state index in [9.17, 15) is 19.5 Å². The highest BCUT2D eigenvalue weighted by molar-refractivity contribution is 6.74. The molecule has 0 saturated carbocycles. The van der Waals surface area contributed by atoms with Crippen LogP contribution in [0.1, 0.15) is 33.6 Å². The van der Waals surface area contributed by atoms with E-state index < -0.39 is 26.2 Å². The summed E-state index contributed by atoms with van der Waals surface area (Å²) in [5.41, 5.74) is 3.91. The van der Waals surface area contributed by atoms with Crippen molar-refractivity contribution in [3.63, 3.8) is 0 Å². The third-order valence-corrected chi connectivity index (χ3v) is 10.3. The molecule has 1 aromatic carbocycles. The number of ketones is 1. The first-order chi connectivity index (χ1) is 16.3. The highest BCUT2D eigenvalue weighted by Gasteiger charge is 2.38. The third kappa shape index (κ3) is 8.18. The maximum absolute atomic E-state index is 12.7. The molecule has 1 aromatic rings. The van der Waals surface area contributed by atoms with Crippen LogP contribution < -0.4 is 10.3 Å². The van der Waals surface area contributed by atoms with E-state index in [2.05, 4.69) is 44.6 Å². The van der Waals surface area contributed by atoms with Crippen LogP contribution in [0.5, 0.6) is 5.75 Å². The van der Waals surface area contributed by atoms with Crippen molar-refractivity contribution in [1.82, 2.24) is 10.5 Å². The quantitative estimate of drug-likeness (QED) is 0.270. The minimum absolute atomic E-state index is 0.0478. The molecular formula is C25H35N3O6Si. The SMILES string of the molecule is CN(CCC(=O)C(Oc1ccccc1)C(=O)O)C(=O)C1=CCC(=NNO[Si](C)(C)C(C)(C)C)C=C1. The molecule has 2 rings (SSSR count). The number of nitrogens with one attached hydrogen (secondary N) is 1. The first-order valence-corrected chi connectivity index (χ1v) is 14.3. The molecule has 1 unspecified atom stereocenters. The van der Waals surface area contributed by atoms with Crippen molar-refractivity contribution in [2.45, 2.75) is 57.8 Å². The lowest BCUT2D eigenvalue weighted by Crippen LogP contribution is -2.44. The molecule has 0 bridgehead atoms. The zero-order valence-corrected chi connectivity index (χ0v) is 22.2. The molecule has 0 spiro atoms. The number of benzene rings is 1. The van der Waals surface area contributed by atoms with Crippen LogP contribution in [0.4, 0.5) is 0 Å². The minimum Gasteiger partial charge on any atom is -0.478 e. The maximum atomic E-state index is 12.7. The Kier molecular flexibility index (Phi) is 9.55. The number of hydrogen-bond acceptors (Lipinski definition) is 7. The second-order valence-electron chi connectivity index (χ2n) is 9.85. The number of carboxylic acids is 1. The Labute approximate surface area is 207 Å². The van der Waals surface area contributed by atoms with E-state index in [0.717, 1.165) is 5.71 Å². The van der Waals surface area contributed by atoms with Crippen molar-refractivity contribution < 1.29 is 28.8 Å². The Balaban J connectivity index is 1.87. The molecule has 2 N–H and O–H groups in total. The number of likely N-dealkylation sites (N-methyl/N-ethyl adjacent to an activating group) is 1. The van der Waals surface area contributed by atoms with Gasteiger partial charge in [0.2, 0.25) is 8.32 Å². The average molecular weight is 502 g/mol. The van der Waals surface area contributed by atoms with Gasteiger partial charge in [-0.15, -0.1) is 0 Å². The molecule has 0 heterocycles. The summed E-state index contributed by atoms with van der Waals surface area (Å²) in [5.74, 6) is -1.97. The molecule has 0 fully saturated rings. The number of nitrogens with zero attached hydrogens (tertiary/aromatic N) is 2. The fourth-order valence-corrected chi connectivity index (χ4v) is 3.33. The molecule has 1 amide bonds. The van der Waals surface area contributed by atoms with Gasteiger partial charge in [-0.25, -0.2) is 4.79 Å². The topological polar surface area (TPSA) is 118 Å². The van der Waals surface area contributed by atoms with Gasteiger partial charge in [0.1, 0.15) is 5.75 Å². The second-order valence-corrected chi connectivity index (χ2v) is 14.6. The molecule has 0 aliphatic heterocycles. The second kappa shape index (κ2) is 11.9. The zero-order chi connectivity index (χ0) is 26.2. The molecule has 1 atom stereocenters. The van der Waals surface area contributed by atoms with Crippen LogP contribution in [0.3, 0.4) is 0 Å². The first kappa shape index (κ1) is 28.0. The predicted molar refractivity (Wildman–Crippen MR) is 136 cm³/mol. The van der Waals surface area contributed by atoms with Gasteiger partial charge in [0, 0.05) is 32.0 Å². The number of carbonyl (C=O) groups excluding carboxylic acids is 2. The normalized spacial score (nSPS) is 15.8. The summed E-state index contributed by atoms with van der Waals surface area (Å²) < 4.78 is 11.2. The summed E-state index contributed by atoms with van der Waals surface area (Å²) in [7, 11) is -0.418. The Morgan fingerprint density at radius 3 is 2.37 bits per heavy atom. The first-order valence-electron chi connectivity index (χ1n) is 11.4. The van der Waals surface area contributed by atoms with E-state index in [1.54, 1.807) is 55.6 Å². The Morgan fingerprint density at radius 2 is 1.83 bits per heavy atom. The fourth-order valence-electron chi connectivity index (χ4n) is 2.75. The number of ether oxygens (including phenoxy) is 1. The van der Waals surface area contributed by atoms with Crippen LogP contribution in [0, 0.1) is 0 Å². The highest BCUT2D eigenvalue weighted by atomic mass is 28.4. The predicted octanol–water partition coefficient (Wildman–Crippen LogP) is 3.70. The van der Waals surface area contributed by atoms with E-state index in [1.807, 2.05) is 0 Å². The lowest BCUT2D eigenvalue weighted by molar-refractivity contribution is -0.150. The number of allylic oxidation sites excluding steroid dienone is 2. The third-order valence-electron chi connectivity index (χ3n) is 6.08. The standard InChI is InChI=1S/C25H35N3O6Si/c1-25(2,3)35(5,6)34-27-26-19-14-12-18(13-15-19)23(30)28(4)17-16-21(29)22(24(31)32)33-20-10-8-7-9-11-20/h7-14,22,27H,15-17H2,1-6H3,(H,31,32). The Bertz CT molecular complexity index is 1010. The molecule has 0 radical (unpaired) electrons. The van der Waals surface area contributed by atoms with Gasteiger partial charge in [-0.1, -0.05) is 45.0 Å². The van der Waals surface area contributed by atoms with Crippen molar-refractivity contribution in [2.24, 2.45) is 5.10 Å². The molecule has 0 aromatic heterocycles. The van der Waals surface area contributed by atoms with Gasteiger partial charge in [0.15, 0.2) is 5.78 Å². The smallest absolute Gasteiger partial charge is 0.352 e. The van der Waals surface area contributed by atoms with Gasteiger partial charge >= 0.3 is 5.97 Å². The molecule has 1 aliphatic rings. The molecule has 1 aliphatic carbocycles. The van der Waals surface area contributed by atoms with Gasteiger partial charge in [-0.3, -0.25) is 9.59 Å². The summed E-state index contributed by atoms with van der Waals surface area (Å²) >= 11 is 0. The van der Waals surface area contributed by atoms with Gasteiger partial charge in [-0.05, 0) is 42.4 Å². The van der Waals surface area contributed by atoms with E-state index in [0.29, 0.717) is 12.0 Å². The summed E-state index contributed by atoms with van der Waals surface area (Å²) in [6.07, 6.45) is 3.83. The number of aliphatic carboxylic acids is 1. The van der Waals surface area contributed by atoms with Gasteiger partial charge < -0.3 is 19.3 Å². The molecule has 10 heteroatoms. The molecule has 35 heavy (non-hydrogen) atoms. The molecule has 190 valence electrons. The molecular weight excluding hydrogens is 466 g/mol. The van der Waals surface area contributed by atoms with Gasteiger partial charge in [-0.2, -0.15) is 10.7 Å². The fraction of sp³-hybridized carbons (Fsp3) is 0.440. The molecule has 0 saturated heterocycles. The summed E-state index contributed by atoms with van der Waals surface area (Å²) in [5, 5.41) is 13.7. The molecule has 9 nitrogen and oxygen atoms in total. The number of amides is 1. The van der Waals surface area contributed by atoms with E-state index in [4.69, 9.17) is 9.26 Å². The highest BCUT2D eigenvalue weighted by Crippen LogP contribution is 2.35.